The van der Waals surface area contributed by atoms with E-state index < -0.39 is 48.4 Å². The molecule has 0 aromatic heterocycles. The third kappa shape index (κ3) is 5.24. The van der Waals surface area contributed by atoms with Crippen molar-refractivity contribution < 1.29 is 39.6 Å². The molecule has 1 aliphatic heterocycles. The summed E-state index contributed by atoms with van der Waals surface area (Å²) in [5, 5.41) is 36.4. The quantitative estimate of drug-likeness (QED) is 0.514. The van der Waals surface area contributed by atoms with Crippen LogP contribution in [0.4, 0.5) is 0 Å². The maximum atomic E-state index is 11.0. The number of carbonyl (C=O) groups is 4. The molecule has 1 atom stereocenters. The molecule has 0 radical (unpaired) electrons. The lowest BCUT2D eigenvalue weighted by molar-refractivity contribution is -0.138. The van der Waals surface area contributed by atoms with Gasteiger partial charge in [0.1, 0.15) is 0 Å². The molecule has 0 spiro atoms. The molecule has 1 unspecified atom stereocenters. The molecular formula is C13H14O8S. The van der Waals surface area contributed by atoms with Crippen LogP contribution in [0.15, 0.2) is 22.1 Å². The van der Waals surface area contributed by atoms with Gasteiger partial charge in [-0.25, -0.2) is 0 Å². The van der Waals surface area contributed by atoms with Crippen LogP contribution in [0.1, 0.15) is 25.7 Å². The van der Waals surface area contributed by atoms with E-state index in [0.29, 0.717) is 0 Å². The minimum atomic E-state index is -1.24. The van der Waals surface area contributed by atoms with E-state index in [2.05, 4.69) is 0 Å². The van der Waals surface area contributed by atoms with Gasteiger partial charge in [0.05, 0.1) is 25.7 Å². The summed E-state index contributed by atoms with van der Waals surface area (Å²) in [6, 6.07) is 0. The molecular weight excluding hydrogens is 316 g/mol. The predicted octanol–water partition coefficient (Wildman–Crippen LogP) is 1.18. The van der Waals surface area contributed by atoms with E-state index in [0.717, 1.165) is 11.8 Å². The maximum absolute atomic E-state index is 11.0. The third-order valence-electron chi connectivity index (χ3n) is 2.91. The first kappa shape index (κ1) is 17.8. The van der Waals surface area contributed by atoms with Gasteiger partial charge in [0.25, 0.3) is 0 Å². The second-order valence-corrected chi connectivity index (χ2v) is 5.66. The minimum absolute atomic E-state index is 0.0994. The summed E-state index contributed by atoms with van der Waals surface area (Å²) in [6.45, 7) is 0. The average Bonchev–Trinajstić information content (AvgIpc) is 2.34. The van der Waals surface area contributed by atoms with Crippen LogP contribution in [0.25, 0.3) is 0 Å². The normalized spacial score (nSPS) is 17.8. The second-order valence-electron chi connectivity index (χ2n) is 4.58. The molecule has 1 heterocycles. The lowest BCUT2D eigenvalue weighted by atomic mass is 9.90. The summed E-state index contributed by atoms with van der Waals surface area (Å²) >= 11 is 1.00. The van der Waals surface area contributed by atoms with E-state index in [-0.39, 0.29) is 23.1 Å². The van der Waals surface area contributed by atoms with Crippen molar-refractivity contribution in [3.8, 4) is 0 Å². The van der Waals surface area contributed by atoms with E-state index in [4.69, 9.17) is 20.4 Å². The molecule has 0 saturated heterocycles. The molecule has 0 aromatic rings. The van der Waals surface area contributed by atoms with Gasteiger partial charge in [-0.2, -0.15) is 0 Å². The average molecular weight is 330 g/mol. The molecule has 22 heavy (non-hydrogen) atoms. The van der Waals surface area contributed by atoms with Gasteiger partial charge in [-0.1, -0.05) is 0 Å². The fourth-order valence-corrected chi connectivity index (χ4v) is 3.30. The van der Waals surface area contributed by atoms with Crippen molar-refractivity contribution in [2.24, 2.45) is 0 Å². The minimum Gasteiger partial charge on any atom is -0.481 e. The van der Waals surface area contributed by atoms with Crippen molar-refractivity contribution in [2.75, 3.05) is 0 Å². The number of carboxylic acid groups (broad SMARTS) is 4. The highest BCUT2D eigenvalue weighted by molar-refractivity contribution is 8.03. The van der Waals surface area contributed by atoms with E-state index in [9.17, 15) is 19.2 Å². The van der Waals surface area contributed by atoms with Gasteiger partial charge in [0.15, 0.2) is 0 Å². The highest BCUT2D eigenvalue weighted by atomic mass is 32.2. The number of aliphatic carboxylic acids is 4. The predicted molar refractivity (Wildman–Crippen MR) is 75.5 cm³/mol. The molecule has 0 aliphatic carbocycles. The van der Waals surface area contributed by atoms with Crippen molar-refractivity contribution in [2.45, 2.75) is 30.9 Å². The summed E-state index contributed by atoms with van der Waals surface area (Å²) in [6.07, 6.45) is -1.88. The Morgan fingerprint density at radius 3 is 1.86 bits per heavy atom. The first-order valence-corrected chi connectivity index (χ1v) is 7.09. The van der Waals surface area contributed by atoms with Gasteiger partial charge >= 0.3 is 23.9 Å². The maximum Gasteiger partial charge on any atom is 0.307 e. The van der Waals surface area contributed by atoms with Gasteiger partial charge in [0.2, 0.25) is 0 Å². The molecule has 0 aromatic carbocycles. The Hall–Kier alpha value is -2.29. The zero-order valence-electron chi connectivity index (χ0n) is 11.3. The zero-order valence-corrected chi connectivity index (χ0v) is 12.1. The summed E-state index contributed by atoms with van der Waals surface area (Å²) in [4.78, 5) is 43.7. The number of hydrogen-bond donors (Lipinski definition) is 4. The van der Waals surface area contributed by atoms with E-state index in [1.54, 1.807) is 0 Å². The summed E-state index contributed by atoms with van der Waals surface area (Å²) in [7, 11) is 0. The number of carboxylic acids is 4. The number of hydrogen-bond acceptors (Lipinski definition) is 5. The fraction of sp³-hybridized carbons (Fsp3) is 0.385. The van der Waals surface area contributed by atoms with Crippen molar-refractivity contribution in [3.05, 3.63) is 22.1 Å². The first-order valence-electron chi connectivity index (χ1n) is 6.14. The number of rotatable bonds is 8. The summed E-state index contributed by atoms with van der Waals surface area (Å²) in [5.74, 6) is -4.80. The molecule has 120 valence electrons. The Morgan fingerprint density at radius 2 is 1.41 bits per heavy atom. The van der Waals surface area contributed by atoms with Crippen molar-refractivity contribution in [1.29, 1.82) is 0 Å². The highest BCUT2D eigenvalue weighted by Crippen LogP contribution is 2.39. The number of thioether (sulfide) groups is 1. The molecule has 1 rings (SSSR count). The van der Waals surface area contributed by atoms with Crippen molar-refractivity contribution >= 4 is 35.6 Å². The molecule has 0 fully saturated rings. The Balaban J connectivity index is 3.28. The van der Waals surface area contributed by atoms with Crippen LogP contribution in [-0.2, 0) is 19.2 Å². The summed E-state index contributed by atoms with van der Waals surface area (Å²) < 4.78 is 0. The van der Waals surface area contributed by atoms with Gasteiger partial charge in [-0.05, 0) is 22.1 Å². The van der Waals surface area contributed by atoms with Crippen molar-refractivity contribution in [1.82, 2.24) is 0 Å². The van der Waals surface area contributed by atoms with Gasteiger partial charge < -0.3 is 20.4 Å². The molecule has 0 bridgehead atoms. The standard InChI is InChI=1S/C13H14O8S/c14-10(15)1-6-5-22-9(4-13(20)21)8(3-12(18)19)7(6)2-11(16)17/h5,9H,1-4H2,(H,14,15)(H,16,17)(H,18,19)(H,20,21). The SMILES string of the molecule is O=C(O)CC1=CSC(CC(=O)O)C(CC(=O)O)=C1CC(=O)O. The van der Waals surface area contributed by atoms with E-state index >= 15 is 0 Å². The van der Waals surface area contributed by atoms with Crippen LogP contribution in [0.3, 0.4) is 0 Å². The molecule has 4 N–H and O–H groups in total. The first-order chi connectivity index (χ1) is 10.2. The molecule has 0 saturated carbocycles. The van der Waals surface area contributed by atoms with Crippen LogP contribution in [0, 0.1) is 0 Å². The Bertz CT molecular complexity index is 575. The largest absolute Gasteiger partial charge is 0.481 e. The van der Waals surface area contributed by atoms with E-state index in [1.807, 2.05) is 0 Å². The highest BCUT2D eigenvalue weighted by Gasteiger charge is 2.30. The van der Waals surface area contributed by atoms with Crippen LogP contribution in [-0.4, -0.2) is 49.6 Å². The Labute approximate surface area is 129 Å². The second kappa shape index (κ2) is 7.64. The smallest absolute Gasteiger partial charge is 0.307 e. The lowest BCUT2D eigenvalue weighted by Crippen LogP contribution is -2.21. The van der Waals surface area contributed by atoms with Crippen LogP contribution < -0.4 is 0 Å². The summed E-state index contributed by atoms with van der Waals surface area (Å²) in [5.41, 5.74) is 0.459. The Morgan fingerprint density at radius 1 is 0.864 bits per heavy atom. The van der Waals surface area contributed by atoms with Crippen LogP contribution in [0.2, 0.25) is 0 Å². The van der Waals surface area contributed by atoms with Crippen LogP contribution in [0.5, 0.6) is 0 Å². The third-order valence-corrected chi connectivity index (χ3v) is 4.11. The fourth-order valence-electron chi connectivity index (χ4n) is 2.12. The van der Waals surface area contributed by atoms with Gasteiger partial charge in [0, 0.05) is 5.25 Å². The molecule has 8 nitrogen and oxygen atoms in total. The van der Waals surface area contributed by atoms with Crippen LogP contribution >= 0.6 is 11.8 Å². The molecule has 0 amide bonds. The monoisotopic (exact) mass is 330 g/mol. The Kier molecular flexibility index (Phi) is 6.17. The van der Waals surface area contributed by atoms with Gasteiger partial charge in [-0.15, -0.1) is 11.8 Å². The molecule has 1 aliphatic rings. The van der Waals surface area contributed by atoms with E-state index in [1.165, 1.54) is 5.41 Å². The lowest BCUT2D eigenvalue weighted by Gasteiger charge is -2.26. The topological polar surface area (TPSA) is 149 Å². The zero-order chi connectivity index (χ0) is 16.9. The van der Waals surface area contributed by atoms with Gasteiger partial charge in [-0.3, -0.25) is 19.2 Å². The van der Waals surface area contributed by atoms with Crippen molar-refractivity contribution in [3.63, 3.8) is 0 Å². The molecule has 9 heteroatoms.